The maximum atomic E-state index is 4.50. The lowest BCUT2D eigenvalue weighted by molar-refractivity contribution is 0.426. The molecule has 1 saturated carbocycles. The van der Waals surface area contributed by atoms with Crippen LogP contribution in [0.3, 0.4) is 0 Å². The lowest BCUT2D eigenvalue weighted by Crippen LogP contribution is -2.34. The lowest BCUT2D eigenvalue weighted by Gasteiger charge is -2.19. The molecular weight excluding hydrogens is 230 g/mol. The molecule has 4 heteroatoms. The first-order valence-electron chi connectivity index (χ1n) is 6.35. The van der Waals surface area contributed by atoms with Gasteiger partial charge in [0.25, 0.3) is 0 Å². The van der Waals surface area contributed by atoms with E-state index >= 15 is 0 Å². The average molecular weight is 253 g/mol. The number of anilines is 1. The van der Waals surface area contributed by atoms with Gasteiger partial charge in [-0.2, -0.15) is 0 Å². The van der Waals surface area contributed by atoms with E-state index in [1.54, 1.807) is 11.3 Å². The molecular formula is C13H23N3S. The third-order valence-electron chi connectivity index (χ3n) is 2.89. The molecule has 1 N–H and O–H groups in total. The maximum absolute atomic E-state index is 4.50. The highest BCUT2D eigenvalue weighted by Gasteiger charge is 2.23. The van der Waals surface area contributed by atoms with E-state index in [1.807, 2.05) is 6.20 Å². The summed E-state index contributed by atoms with van der Waals surface area (Å²) < 4.78 is 0. The van der Waals surface area contributed by atoms with Crippen molar-refractivity contribution in [3.8, 4) is 0 Å². The highest BCUT2D eigenvalue weighted by molar-refractivity contribution is 7.15. The Morgan fingerprint density at radius 1 is 1.47 bits per heavy atom. The van der Waals surface area contributed by atoms with Crippen LogP contribution >= 0.6 is 11.3 Å². The van der Waals surface area contributed by atoms with Crippen LogP contribution in [0, 0.1) is 5.92 Å². The Hall–Kier alpha value is -0.610. The highest BCUT2D eigenvalue weighted by atomic mass is 32.1. The van der Waals surface area contributed by atoms with E-state index in [2.05, 4.69) is 43.0 Å². The molecule has 1 aliphatic rings. The van der Waals surface area contributed by atoms with E-state index in [0.717, 1.165) is 17.6 Å². The van der Waals surface area contributed by atoms with Crippen LogP contribution in [0.25, 0.3) is 0 Å². The molecule has 0 bridgehead atoms. The topological polar surface area (TPSA) is 28.2 Å². The number of rotatable bonds is 5. The summed E-state index contributed by atoms with van der Waals surface area (Å²) in [6, 6.07) is 0. The number of nitrogens with zero attached hydrogens (tertiary/aromatic N) is 2. The lowest BCUT2D eigenvalue weighted by atomic mass is 10.1. The van der Waals surface area contributed by atoms with Gasteiger partial charge in [0.2, 0.25) is 0 Å². The monoisotopic (exact) mass is 253 g/mol. The van der Waals surface area contributed by atoms with Crippen LogP contribution in [-0.2, 0) is 6.54 Å². The molecule has 0 unspecified atom stereocenters. The van der Waals surface area contributed by atoms with Crippen molar-refractivity contribution in [3.63, 3.8) is 0 Å². The minimum Gasteiger partial charge on any atom is -0.351 e. The quantitative estimate of drug-likeness (QED) is 0.874. The van der Waals surface area contributed by atoms with Crippen molar-refractivity contribution in [1.29, 1.82) is 0 Å². The van der Waals surface area contributed by atoms with Crippen molar-refractivity contribution in [2.75, 3.05) is 18.5 Å². The smallest absolute Gasteiger partial charge is 0.185 e. The van der Waals surface area contributed by atoms with Gasteiger partial charge in [0, 0.05) is 36.8 Å². The Morgan fingerprint density at radius 2 is 2.18 bits per heavy atom. The SMILES string of the molecule is CN(CC1CC1)c1ncc(CNC(C)(C)C)s1. The van der Waals surface area contributed by atoms with Gasteiger partial charge >= 0.3 is 0 Å². The fourth-order valence-corrected chi connectivity index (χ4v) is 2.49. The molecule has 17 heavy (non-hydrogen) atoms. The molecule has 0 aliphatic heterocycles. The minimum atomic E-state index is 0.171. The number of hydrogen-bond acceptors (Lipinski definition) is 4. The minimum absolute atomic E-state index is 0.171. The van der Waals surface area contributed by atoms with Crippen molar-refractivity contribution < 1.29 is 0 Å². The second-order valence-corrected chi connectivity index (χ2v) is 7.13. The van der Waals surface area contributed by atoms with Gasteiger partial charge in [0.1, 0.15) is 0 Å². The number of hydrogen-bond donors (Lipinski definition) is 1. The summed E-state index contributed by atoms with van der Waals surface area (Å²) in [6.45, 7) is 8.65. The summed E-state index contributed by atoms with van der Waals surface area (Å²) in [4.78, 5) is 8.11. The Bertz CT molecular complexity index is 363. The molecule has 0 aromatic carbocycles. The molecule has 0 atom stereocenters. The molecule has 96 valence electrons. The van der Waals surface area contributed by atoms with Crippen LogP contribution in [0.15, 0.2) is 6.20 Å². The van der Waals surface area contributed by atoms with Gasteiger partial charge < -0.3 is 10.2 Å². The Labute approximate surface area is 108 Å². The van der Waals surface area contributed by atoms with Crippen LogP contribution in [0.5, 0.6) is 0 Å². The zero-order valence-electron chi connectivity index (χ0n) is 11.3. The predicted molar refractivity (Wildman–Crippen MR) is 74.7 cm³/mol. The van der Waals surface area contributed by atoms with Crippen molar-refractivity contribution in [1.82, 2.24) is 10.3 Å². The Morgan fingerprint density at radius 3 is 2.76 bits per heavy atom. The summed E-state index contributed by atoms with van der Waals surface area (Å²) in [5.41, 5.74) is 0.171. The zero-order chi connectivity index (χ0) is 12.5. The summed E-state index contributed by atoms with van der Waals surface area (Å²) in [5.74, 6) is 0.917. The van der Waals surface area contributed by atoms with Crippen molar-refractivity contribution in [2.45, 2.75) is 45.7 Å². The molecule has 3 nitrogen and oxygen atoms in total. The third kappa shape index (κ3) is 4.28. The Balaban J connectivity index is 1.86. The molecule has 0 spiro atoms. The van der Waals surface area contributed by atoms with E-state index < -0.39 is 0 Å². The Kier molecular flexibility index (Phi) is 3.73. The molecule has 0 radical (unpaired) electrons. The summed E-state index contributed by atoms with van der Waals surface area (Å²) in [5, 5.41) is 4.65. The van der Waals surface area contributed by atoms with Crippen molar-refractivity contribution >= 4 is 16.5 Å². The van der Waals surface area contributed by atoms with E-state index in [4.69, 9.17) is 0 Å². The van der Waals surface area contributed by atoms with Crippen LogP contribution in [0.4, 0.5) is 5.13 Å². The second kappa shape index (κ2) is 4.94. The number of thiazole rings is 1. The van der Waals surface area contributed by atoms with Gasteiger partial charge in [-0.3, -0.25) is 0 Å². The van der Waals surface area contributed by atoms with Crippen LogP contribution < -0.4 is 10.2 Å². The van der Waals surface area contributed by atoms with Crippen LogP contribution in [0.2, 0.25) is 0 Å². The van der Waals surface area contributed by atoms with E-state index in [1.165, 1.54) is 24.3 Å². The fourth-order valence-electron chi connectivity index (χ4n) is 1.67. The molecule has 1 aliphatic carbocycles. The molecule has 1 aromatic heterocycles. The van der Waals surface area contributed by atoms with Gasteiger partial charge in [-0.25, -0.2) is 4.98 Å². The van der Waals surface area contributed by atoms with Gasteiger partial charge in [0.05, 0.1) is 0 Å². The van der Waals surface area contributed by atoms with E-state index in [-0.39, 0.29) is 5.54 Å². The van der Waals surface area contributed by atoms with Gasteiger partial charge in [-0.15, -0.1) is 11.3 Å². The number of aromatic nitrogens is 1. The molecule has 1 aromatic rings. The number of nitrogens with one attached hydrogen (secondary N) is 1. The third-order valence-corrected chi connectivity index (χ3v) is 4.00. The first kappa shape index (κ1) is 12.8. The summed E-state index contributed by atoms with van der Waals surface area (Å²) in [7, 11) is 2.15. The van der Waals surface area contributed by atoms with Gasteiger partial charge in [-0.05, 0) is 39.5 Å². The molecule has 0 saturated heterocycles. The molecule has 1 heterocycles. The van der Waals surface area contributed by atoms with Crippen LogP contribution in [-0.4, -0.2) is 24.1 Å². The maximum Gasteiger partial charge on any atom is 0.185 e. The van der Waals surface area contributed by atoms with Gasteiger partial charge in [0.15, 0.2) is 5.13 Å². The molecule has 1 fully saturated rings. The fraction of sp³-hybridized carbons (Fsp3) is 0.769. The highest BCUT2D eigenvalue weighted by Crippen LogP contribution is 2.32. The molecule has 2 rings (SSSR count). The molecule has 0 amide bonds. The average Bonchev–Trinajstić information content (AvgIpc) is 2.91. The van der Waals surface area contributed by atoms with Crippen LogP contribution in [0.1, 0.15) is 38.5 Å². The summed E-state index contributed by atoms with van der Waals surface area (Å²) in [6.07, 6.45) is 4.80. The summed E-state index contributed by atoms with van der Waals surface area (Å²) >= 11 is 1.80. The van der Waals surface area contributed by atoms with Gasteiger partial charge in [-0.1, -0.05) is 0 Å². The zero-order valence-corrected chi connectivity index (χ0v) is 12.1. The normalized spacial score (nSPS) is 16.2. The van der Waals surface area contributed by atoms with E-state index in [0.29, 0.717) is 0 Å². The largest absolute Gasteiger partial charge is 0.351 e. The van der Waals surface area contributed by atoms with Crippen molar-refractivity contribution in [3.05, 3.63) is 11.1 Å². The van der Waals surface area contributed by atoms with E-state index in [9.17, 15) is 0 Å². The van der Waals surface area contributed by atoms with Crippen molar-refractivity contribution in [2.24, 2.45) is 5.92 Å². The second-order valence-electron chi connectivity index (χ2n) is 6.04. The first-order chi connectivity index (χ1) is 7.94. The standard InChI is InChI=1S/C13H23N3S/c1-13(2,3)15-8-11-7-14-12(17-11)16(4)9-10-5-6-10/h7,10,15H,5-6,8-9H2,1-4H3. The predicted octanol–water partition coefficient (Wildman–Crippen LogP) is 2.88. The first-order valence-corrected chi connectivity index (χ1v) is 7.16.